The van der Waals surface area contributed by atoms with Crippen molar-refractivity contribution in [3.63, 3.8) is 0 Å². The molecule has 0 spiro atoms. The Labute approximate surface area is 279 Å². The molecule has 3 N–H and O–H groups in total. The molecule has 2 heterocycles. The first-order valence-electron chi connectivity index (χ1n) is 14.6. The number of hydrogen-bond acceptors (Lipinski definition) is 7. The molecule has 238 valence electrons. The minimum Gasteiger partial charge on any atom is -0.478 e. The van der Waals surface area contributed by atoms with Gasteiger partial charge in [-0.05, 0) is 109 Å². The van der Waals surface area contributed by atoms with Crippen LogP contribution in [0, 0.1) is 27.7 Å². The summed E-state index contributed by atoms with van der Waals surface area (Å²) in [5.74, 6) is -2.07. The van der Waals surface area contributed by atoms with Crippen molar-refractivity contribution in [1.29, 1.82) is 0 Å². The van der Waals surface area contributed by atoms with E-state index in [-0.39, 0.29) is 17.4 Å². The molecule has 2 amide bonds. The molecular weight excluding hydrogens is 633 g/mol. The summed E-state index contributed by atoms with van der Waals surface area (Å²) in [5, 5.41) is 16.7. The van der Waals surface area contributed by atoms with Gasteiger partial charge in [-0.3, -0.25) is 9.59 Å². The number of benzene rings is 4. The summed E-state index contributed by atoms with van der Waals surface area (Å²) < 4.78 is 6.87. The van der Waals surface area contributed by atoms with Gasteiger partial charge in [0.05, 0.1) is 39.4 Å². The van der Waals surface area contributed by atoms with E-state index in [9.17, 15) is 24.3 Å². The lowest BCUT2D eigenvalue weighted by Gasteiger charge is -2.08. The lowest BCUT2D eigenvalue weighted by Crippen LogP contribution is -2.14. The molecule has 0 saturated carbocycles. The number of aromatic carboxylic acids is 1. The van der Waals surface area contributed by atoms with Crippen LogP contribution in [-0.4, -0.2) is 36.0 Å². The molecule has 47 heavy (non-hydrogen) atoms. The summed E-state index contributed by atoms with van der Waals surface area (Å²) in [6.45, 7) is 8.19. The number of carboxylic acids is 1. The maximum atomic E-state index is 12.6. The van der Waals surface area contributed by atoms with Crippen LogP contribution in [-0.2, 0) is 4.74 Å². The summed E-state index contributed by atoms with van der Waals surface area (Å²) in [5.41, 5.74) is 5.92. The average molecular weight is 665 g/mol. The van der Waals surface area contributed by atoms with Gasteiger partial charge in [-0.15, -0.1) is 22.7 Å². The second-order valence-electron chi connectivity index (χ2n) is 11.0. The van der Waals surface area contributed by atoms with Crippen molar-refractivity contribution in [2.45, 2.75) is 27.7 Å². The molecule has 6 rings (SSSR count). The Kier molecular flexibility index (Phi) is 9.83. The highest BCUT2D eigenvalue weighted by molar-refractivity contribution is 7.21. The number of nitrogens with one attached hydrogen (secondary N) is 2. The number of aryl methyl sites for hydroxylation is 4. The van der Waals surface area contributed by atoms with Gasteiger partial charge >= 0.3 is 11.9 Å². The third-order valence-corrected chi connectivity index (χ3v) is 9.89. The summed E-state index contributed by atoms with van der Waals surface area (Å²) >= 11 is 2.84. The van der Waals surface area contributed by atoms with Crippen LogP contribution in [0.2, 0.25) is 0 Å². The van der Waals surface area contributed by atoms with Crippen LogP contribution in [0.15, 0.2) is 84.9 Å². The monoisotopic (exact) mass is 664 g/mol. The highest BCUT2D eigenvalue weighted by Gasteiger charge is 2.17. The first-order chi connectivity index (χ1) is 22.4. The highest BCUT2D eigenvalue weighted by atomic mass is 32.1. The van der Waals surface area contributed by atoms with E-state index in [2.05, 4.69) is 48.7 Å². The minimum atomic E-state index is -1.07. The number of ether oxygens (including phenoxy) is 1. The topological polar surface area (TPSA) is 122 Å². The van der Waals surface area contributed by atoms with Crippen molar-refractivity contribution in [3.05, 3.63) is 128 Å². The number of anilines is 2. The van der Waals surface area contributed by atoms with Crippen molar-refractivity contribution < 1.29 is 29.0 Å². The van der Waals surface area contributed by atoms with E-state index in [1.807, 2.05) is 26.0 Å². The third kappa shape index (κ3) is 7.40. The second kappa shape index (κ2) is 14.0. The normalized spacial score (nSPS) is 10.7. The minimum absolute atomic E-state index is 0.0775. The van der Waals surface area contributed by atoms with Gasteiger partial charge in [-0.2, -0.15) is 0 Å². The molecule has 4 aromatic carbocycles. The standard InChI is InChI=1S/C19H17NO3S.C18H15NO3S/c1-11-8-13-10-17(24-16(13)9-12(11)2)18(21)20-15-7-5-4-6-14(15)19(22)23-3;1-10-7-12-9-16(23-15(12)8-11(10)2)17(20)19-14-6-4-3-5-13(14)18(21)22/h4-10H,1-3H3,(H,20,21);3-9H,1-2H3,(H,19,20)(H,21,22). The van der Waals surface area contributed by atoms with Gasteiger partial charge in [0.15, 0.2) is 0 Å². The molecule has 0 aliphatic heterocycles. The molecule has 0 atom stereocenters. The number of methoxy groups -OCH3 is 1. The predicted molar refractivity (Wildman–Crippen MR) is 190 cm³/mol. The van der Waals surface area contributed by atoms with Crippen molar-refractivity contribution in [2.75, 3.05) is 17.7 Å². The maximum Gasteiger partial charge on any atom is 0.339 e. The van der Waals surface area contributed by atoms with E-state index in [4.69, 9.17) is 4.74 Å². The molecular formula is C37H32N2O6S2. The lowest BCUT2D eigenvalue weighted by molar-refractivity contribution is 0.0600. The Morgan fingerprint density at radius 3 is 1.45 bits per heavy atom. The molecule has 6 aromatic rings. The second-order valence-corrected chi connectivity index (χ2v) is 13.1. The van der Waals surface area contributed by atoms with Crippen LogP contribution in [0.3, 0.4) is 0 Å². The van der Waals surface area contributed by atoms with Gasteiger partial charge in [0, 0.05) is 9.40 Å². The Morgan fingerprint density at radius 1 is 0.596 bits per heavy atom. The Bertz CT molecular complexity index is 2100. The van der Waals surface area contributed by atoms with E-state index < -0.39 is 11.9 Å². The van der Waals surface area contributed by atoms with E-state index >= 15 is 0 Å². The molecule has 0 unspecified atom stereocenters. The maximum absolute atomic E-state index is 12.6. The van der Waals surface area contributed by atoms with Gasteiger partial charge in [0.2, 0.25) is 0 Å². The number of carbonyl (C=O) groups is 4. The van der Waals surface area contributed by atoms with Crippen molar-refractivity contribution >= 4 is 78.0 Å². The Hall–Kier alpha value is -5.32. The molecule has 8 nitrogen and oxygen atoms in total. The van der Waals surface area contributed by atoms with Crippen LogP contribution in [0.25, 0.3) is 20.2 Å². The largest absolute Gasteiger partial charge is 0.478 e. The number of hydrogen-bond donors (Lipinski definition) is 3. The molecule has 0 fully saturated rings. The van der Waals surface area contributed by atoms with Gasteiger partial charge in [0.1, 0.15) is 0 Å². The van der Waals surface area contributed by atoms with Crippen LogP contribution in [0.1, 0.15) is 62.3 Å². The molecule has 2 aromatic heterocycles. The fourth-order valence-corrected chi connectivity index (χ4v) is 6.93. The van der Waals surface area contributed by atoms with Gasteiger partial charge in [-0.1, -0.05) is 36.4 Å². The van der Waals surface area contributed by atoms with Gasteiger partial charge < -0.3 is 20.5 Å². The Morgan fingerprint density at radius 2 is 1.00 bits per heavy atom. The number of amides is 2. The van der Waals surface area contributed by atoms with Crippen molar-refractivity contribution in [1.82, 2.24) is 0 Å². The fraction of sp³-hybridized carbons (Fsp3) is 0.135. The third-order valence-electron chi connectivity index (χ3n) is 7.70. The van der Waals surface area contributed by atoms with Crippen molar-refractivity contribution in [3.8, 4) is 0 Å². The van der Waals surface area contributed by atoms with E-state index in [1.165, 1.54) is 58.1 Å². The number of esters is 1. The quantitative estimate of drug-likeness (QED) is 0.153. The van der Waals surface area contributed by atoms with E-state index in [1.54, 1.807) is 42.5 Å². The van der Waals surface area contributed by atoms with Crippen LogP contribution in [0.5, 0.6) is 0 Å². The van der Waals surface area contributed by atoms with Gasteiger partial charge in [-0.25, -0.2) is 9.59 Å². The average Bonchev–Trinajstić information content (AvgIpc) is 3.65. The van der Waals surface area contributed by atoms with Crippen LogP contribution >= 0.6 is 22.7 Å². The first kappa shape index (κ1) is 33.1. The summed E-state index contributed by atoms with van der Waals surface area (Å²) in [6, 6.07) is 25.2. The Balaban J connectivity index is 0.000000185. The van der Waals surface area contributed by atoms with Gasteiger partial charge in [0.25, 0.3) is 11.8 Å². The molecule has 0 aliphatic carbocycles. The predicted octanol–water partition coefficient (Wildman–Crippen LogP) is 9.03. The zero-order valence-corrected chi connectivity index (χ0v) is 28.0. The summed E-state index contributed by atoms with van der Waals surface area (Å²) in [4.78, 5) is 49.2. The molecule has 0 bridgehead atoms. The number of carbonyl (C=O) groups excluding carboxylic acids is 3. The SMILES string of the molecule is COC(=O)c1ccccc1NC(=O)c1cc2cc(C)c(C)cc2s1.Cc1cc2cc(C(=O)Nc3ccccc3C(=O)O)sc2cc1C. The smallest absolute Gasteiger partial charge is 0.339 e. The highest BCUT2D eigenvalue weighted by Crippen LogP contribution is 2.31. The zero-order valence-electron chi connectivity index (χ0n) is 26.4. The molecule has 0 aliphatic rings. The number of carboxylic acid groups (broad SMARTS) is 1. The molecule has 0 saturated heterocycles. The summed E-state index contributed by atoms with van der Waals surface area (Å²) in [6.07, 6.45) is 0. The van der Waals surface area contributed by atoms with Crippen LogP contribution in [0.4, 0.5) is 11.4 Å². The van der Waals surface area contributed by atoms with Crippen molar-refractivity contribution in [2.24, 2.45) is 0 Å². The number of fused-ring (bicyclic) bond motifs is 2. The van der Waals surface area contributed by atoms with Crippen LogP contribution < -0.4 is 10.6 Å². The summed E-state index contributed by atoms with van der Waals surface area (Å²) in [7, 11) is 1.32. The number of para-hydroxylation sites is 2. The molecule has 10 heteroatoms. The number of thiophene rings is 2. The van der Waals surface area contributed by atoms with E-state index in [0.29, 0.717) is 26.7 Å². The first-order valence-corrected chi connectivity index (χ1v) is 16.2. The number of rotatable bonds is 6. The molecule has 0 radical (unpaired) electrons. The fourth-order valence-electron chi connectivity index (χ4n) is 4.86. The zero-order chi connectivity index (χ0) is 33.8. The lowest BCUT2D eigenvalue weighted by atomic mass is 10.1. The van der Waals surface area contributed by atoms with E-state index in [0.717, 1.165) is 20.2 Å².